The molecule has 0 N–H and O–H groups in total. The molecule has 1 fully saturated rings. The summed E-state index contributed by atoms with van der Waals surface area (Å²) in [6, 6.07) is 2.75. The smallest absolute Gasteiger partial charge is 0.0655 e. The summed E-state index contributed by atoms with van der Waals surface area (Å²) in [5.41, 5.74) is 0.222. The van der Waals surface area contributed by atoms with Gasteiger partial charge in [-0.2, -0.15) is 5.26 Å². The molecule has 0 bridgehead atoms. The first-order chi connectivity index (χ1) is 7.04. The van der Waals surface area contributed by atoms with Crippen molar-refractivity contribution >= 4 is 0 Å². The number of hydrogen-bond acceptors (Lipinski definition) is 3. The van der Waals surface area contributed by atoms with Crippen LogP contribution >= 0.6 is 0 Å². The van der Waals surface area contributed by atoms with Crippen LogP contribution in [0.1, 0.15) is 33.6 Å². The lowest BCUT2D eigenvalue weighted by Crippen LogP contribution is -2.61. The van der Waals surface area contributed by atoms with Gasteiger partial charge in [-0.05, 0) is 20.4 Å². The molecule has 0 aliphatic heterocycles. The Morgan fingerprint density at radius 2 is 2.20 bits per heavy atom. The van der Waals surface area contributed by atoms with Crippen LogP contribution in [-0.2, 0) is 4.74 Å². The van der Waals surface area contributed by atoms with Crippen molar-refractivity contribution in [3.8, 4) is 6.07 Å². The topological polar surface area (TPSA) is 36.3 Å². The summed E-state index contributed by atoms with van der Waals surface area (Å²) < 4.78 is 5.69. The maximum Gasteiger partial charge on any atom is 0.0655 e. The first kappa shape index (κ1) is 12.5. The lowest BCUT2D eigenvalue weighted by molar-refractivity contribution is -0.144. The van der Waals surface area contributed by atoms with E-state index >= 15 is 0 Å². The minimum atomic E-state index is 0.222. The molecule has 0 spiro atoms. The summed E-state index contributed by atoms with van der Waals surface area (Å²) in [4.78, 5) is 2.29. The van der Waals surface area contributed by atoms with E-state index in [1.54, 1.807) is 0 Å². The fourth-order valence-electron chi connectivity index (χ4n) is 2.48. The van der Waals surface area contributed by atoms with Crippen molar-refractivity contribution in [1.82, 2.24) is 4.90 Å². The maximum atomic E-state index is 8.55. The van der Waals surface area contributed by atoms with E-state index in [-0.39, 0.29) is 5.41 Å². The van der Waals surface area contributed by atoms with Crippen LogP contribution in [0, 0.1) is 16.7 Å². The summed E-state index contributed by atoms with van der Waals surface area (Å²) in [6.45, 7) is 8.21. The zero-order valence-electron chi connectivity index (χ0n) is 10.3. The molecule has 0 radical (unpaired) electrons. The van der Waals surface area contributed by atoms with Crippen molar-refractivity contribution in [1.29, 1.82) is 5.26 Å². The molecular formula is C12H22N2O. The maximum absolute atomic E-state index is 8.55. The van der Waals surface area contributed by atoms with Gasteiger partial charge in [0.05, 0.1) is 12.2 Å². The highest BCUT2D eigenvalue weighted by molar-refractivity contribution is 5.03. The van der Waals surface area contributed by atoms with Crippen LogP contribution < -0.4 is 0 Å². The Kier molecular flexibility index (Phi) is 4.12. The van der Waals surface area contributed by atoms with Crippen LogP contribution in [0.25, 0.3) is 0 Å². The molecule has 1 saturated carbocycles. The highest BCUT2D eigenvalue weighted by Crippen LogP contribution is 2.45. The number of nitriles is 1. The molecule has 1 aliphatic rings. The fraction of sp³-hybridized carbons (Fsp3) is 0.917. The Hall–Kier alpha value is -0.590. The van der Waals surface area contributed by atoms with E-state index in [9.17, 15) is 0 Å². The Balaban J connectivity index is 2.43. The second-order valence-electron chi connectivity index (χ2n) is 4.91. The average molecular weight is 210 g/mol. The first-order valence-corrected chi connectivity index (χ1v) is 5.72. The van der Waals surface area contributed by atoms with Gasteiger partial charge in [0.1, 0.15) is 0 Å². The number of hydrogen-bond donors (Lipinski definition) is 0. The zero-order valence-corrected chi connectivity index (χ0v) is 10.3. The molecule has 3 nitrogen and oxygen atoms in total. The lowest BCUT2D eigenvalue weighted by atomic mass is 9.64. The summed E-state index contributed by atoms with van der Waals surface area (Å²) in [5.74, 6) is 0. The van der Waals surface area contributed by atoms with Crippen molar-refractivity contribution in [3.05, 3.63) is 0 Å². The third kappa shape index (κ3) is 2.50. The van der Waals surface area contributed by atoms with E-state index in [2.05, 4.69) is 31.9 Å². The molecule has 0 aromatic carbocycles. The predicted octanol–water partition coefficient (Wildman–Crippen LogP) is 2.04. The molecule has 0 amide bonds. The number of rotatable bonds is 5. The van der Waals surface area contributed by atoms with Gasteiger partial charge in [-0.1, -0.05) is 13.8 Å². The molecule has 3 heteroatoms. The molecule has 86 valence electrons. The van der Waals surface area contributed by atoms with Crippen molar-refractivity contribution in [2.75, 3.05) is 20.2 Å². The van der Waals surface area contributed by atoms with Gasteiger partial charge in [0.2, 0.25) is 0 Å². The Morgan fingerprint density at radius 1 is 1.53 bits per heavy atom. The van der Waals surface area contributed by atoms with Crippen molar-refractivity contribution in [3.63, 3.8) is 0 Å². The van der Waals surface area contributed by atoms with Crippen molar-refractivity contribution in [2.45, 2.75) is 45.8 Å². The Morgan fingerprint density at radius 3 is 2.67 bits per heavy atom. The minimum absolute atomic E-state index is 0.222. The second kappa shape index (κ2) is 4.96. The molecule has 0 unspecified atom stereocenters. The molecule has 0 saturated heterocycles. The quantitative estimate of drug-likeness (QED) is 0.696. The number of ether oxygens (including phenoxy) is 1. The van der Waals surface area contributed by atoms with Crippen LogP contribution in [0.5, 0.6) is 0 Å². The van der Waals surface area contributed by atoms with E-state index < -0.39 is 0 Å². The van der Waals surface area contributed by atoms with Gasteiger partial charge in [-0.15, -0.1) is 0 Å². The van der Waals surface area contributed by atoms with Gasteiger partial charge in [0.15, 0.2) is 0 Å². The molecule has 1 aliphatic carbocycles. The Bertz CT molecular complexity index is 244. The SMILES string of the molecule is CCO[C@@H]1C[C@@H](N(C)CCC#N)C1(C)C. The minimum Gasteiger partial charge on any atom is -0.378 e. The van der Waals surface area contributed by atoms with E-state index in [1.165, 1.54) is 0 Å². The Labute approximate surface area is 93.0 Å². The van der Waals surface area contributed by atoms with Crippen LogP contribution in [0.3, 0.4) is 0 Å². The summed E-state index contributed by atoms with van der Waals surface area (Å²) in [7, 11) is 2.10. The van der Waals surface area contributed by atoms with Gasteiger partial charge in [-0.25, -0.2) is 0 Å². The van der Waals surface area contributed by atoms with E-state index in [0.717, 1.165) is 19.6 Å². The standard InChI is InChI=1S/C12H22N2O/c1-5-15-11-9-10(12(11,2)3)14(4)8-6-7-13/h10-11H,5-6,8-9H2,1-4H3/t10-,11-/m1/s1. The van der Waals surface area contributed by atoms with Crippen LogP contribution in [-0.4, -0.2) is 37.2 Å². The van der Waals surface area contributed by atoms with Gasteiger partial charge >= 0.3 is 0 Å². The monoisotopic (exact) mass is 210 g/mol. The zero-order chi connectivity index (χ0) is 11.5. The molecule has 15 heavy (non-hydrogen) atoms. The normalized spacial score (nSPS) is 28.5. The molecule has 0 heterocycles. The van der Waals surface area contributed by atoms with Gasteiger partial charge in [0.25, 0.3) is 0 Å². The summed E-state index contributed by atoms with van der Waals surface area (Å²) in [5, 5.41) is 8.55. The molecule has 1 rings (SSSR count). The van der Waals surface area contributed by atoms with E-state index in [4.69, 9.17) is 10.00 Å². The third-order valence-electron chi connectivity index (χ3n) is 3.60. The summed E-state index contributed by atoms with van der Waals surface area (Å²) in [6.07, 6.45) is 2.10. The highest BCUT2D eigenvalue weighted by atomic mass is 16.5. The highest BCUT2D eigenvalue weighted by Gasteiger charge is 2.50. The second-order valence-corrected chi connectivity index (χ2v) is 4.91. The van der Waals surface area contributed by atoms with E-state index in [0.29, 0.717) is 18.6 Å². The predicted molar refractivity (Wildman–Crippen MR) is 60.5 cm³/mol. The average Bonchev–Trinajstić information content (AvgIpc) is 2.20. The van der Waals surface area contributed by atoms with Crippen molar-refractivity contribution in [2.24, 2.45) is 5.41 Å². The number of nitrogens with zero attached hydrogens (tertiary/aromatic N) is 2. The summed E-state index contributed by atoms with van der Waals surface area (Å²) >= 11 is 0. The largest absolute Gasteiger partial charge is 0.378 e. The fourth-order valence-corrected chi connectivity index (χ4v) is 2.48. The molecule has 0 aromatic heterocycles. The molecule has 2 atom stereocenters. The van der Waals surface area contributed by atoms with Crippen LogP contribution in [0.4, 0.5) is 0 Å². The van der Waals surface area contributed by atoms with Gasteiger partial charge in [0, 0.05) is 31.0 Å². The van der Waals surface area contributed by atoms with E-state index in [1.807, 2.05) is 6.92 Å². The van der Waals surface area contributed by atoms with Crippen LogP contribution in [0.15, 0.2) is 0 Å². The van der Waals surface area contributed by atoms with Crippen LogP contribution in [0.2, 0.25) is 0 Å². The van der Waals surface area contributed by atoms with Crippen molar-refractivity contribution < 1.29 is 4.74 Å². The lowest BCUT2D eigenvalue weighted by Gasteiger charge is -2.55. The third-order valence-corrected chi connectivity index (χ3v) is 3.60. The van der Waals surface area contributed by atoms with Gasteiger partial charge < -0.3 is 9.64 Å². The first-order valence-electron chi connectivity index (χ1n) is 5.72. The molecular weight excluding hydrogens is 188 g/mol. The van der Waals surface area contributed by atoms with Gasteiger partial charge in [-0.3, -0.25) is 0 Å². The molecule has 0 aromatic rings.